The average Bonchev–Trinajstić information content (AvgIpc) is 3.12. The number of carbonyl (C=O) groups excluding carboxylic acids is 1. The summed E-state index contributed by atoms with van der Waals surface area (Å²) in [4.78, 5) is 22.1. The molecule has 1 amide bonds. The summed E-state index contributed by atoms with van der Waals surface area (Å²) in [6.07, 6.45) is 13.5. The Labute approximate surface area is 226 Å². The number of hydrogen-bond donors (Lipinski definition) is 1. The Balaban J connectivity index is 1.86. The van der Waals surface area contributed by atoms with Gasteiger partial charge in [0.05, 0.1) is 35.4 Å². The molecule has 1 fully saturated rings. The molecule has 1 aromatic heterocycles. The number of nitrogens with zero attached hydrogens (tertiary/aromatic N) is 4. The fraction of sp³-hybridized carbons (Fsp3) is 0.452. The number of amides is 1. The van der Waals surface area contributed by atoms with Gasteiger partial charge in [0.15, 0.2) is 0 Å². The highest BCUT2D eigenvalue weighted by Gasteiger charge is 2.23. The number of allylic oxidation sites excluding steroid dienone is 6. The van der Waals surface area contributed by atoms with E-state index in [-0.39, 0.29) is 11.3 Å². The molecule has 1 N–H and O–H groups in total. The van der Waals surface area contributed by atoms with Crippen molar-refractivity contribution < 1.29 is 9.53 Å². The van der Waals surface area contributed by atoms with Crippen LogP contribution in [0.3, 0.4) is 0 Å². The zero-order valence-corrected chi connectivity index (χ0v) is 23.0. The number of aliphatic imine (C=N–C) groups is 1. The molecule has 0 spiro atoms. The fourth-order valence-electron chi connectivity index (χ4n) is 4.17. The summed E-state index contributed by atoms with van der Waals surface area (Å²) in [5.74, 6) is 0.0395. The van der Waals surface area contributed by atoms with E-state index in [0.717, 1.165) is 24.0 Å². The van der Waals surface area contributed by atoms with Gasteiger partial charge in [0.2, 0.25) is 0 Å². The highest BCUT2D eigenvalue weighted by atomic mass is 16.5. The lowest BCUT2D eigenvalue weighted by atomic mass is 9.88. The maximum atomic E-state index is 13.2. The Morgan fingerprint density at radius 2 is 1.95 bits per heavy atom. The zero-order valence-electron chi connectivity index (χ0n) is 23.0. The third kappa shape index (κ3) is 8.10. The maximum Gasteiger partial charge on any atom is 0.255 e. The second-order valence-electron chi connectivity index (χ2n) is 11.3. The minimum absolute atomic E-state index is 0.0805. The molecular formula is C31H37N5O2. The van der Waals surface area contributed by atoms with Crippen molar-refractivity contribution in [3.63, 3.8) is 0 Å². The molecule has 0 saturated carbocycles. The first-order valence-electron chi connectivity index (χ1n) is 13.0. The van der Waals surface area contributed by atoms with Crippen molar-refractivity contribution in [1.82, 2.24) is 10.3 Å². The molecule has 1 aromatic rings. The molecule has 0 unspecified atom stereocenters. The van der Waals surface area contributed by atoms with Crippen LogP contribution < -0.4 is 5.32 Å². The normalized spacial score (nSPS) is 17.6. The second kappa shape index (κ2) is 12.6. The number of hydrogen-bond acceptors (Lipinski definition) is 6. The van der Waals surface area contributed by atoms with E-state index >= 15 is 0 Å². The number of carbonyl (C=O) groups is 1. The second-order valence-corrected chi connectivity index (χ2v) is 11.3. The lowest BCUT2D eigenvalue weighted by Gasteiger charge is -2.24. The summed E-state index contributed by atoms with van der Waals surface area (Å²) in [7, 11) is 0. The number of ether oxygens (including phenoxy) is 1. The molecule has 3 heterocycles. The summed E-state index contributed by atoms with van der Waals surface area (Å²) in [5, 5.41) is 22.3. The van der Waals surface area contributed by atoms with Crippen molar-refractivity contribution in [1.29, 1.82) is 10.5 Å². The molecule has 0 aromatic carbocycles. The Bertz CT molecular complexity index is 1270. The van der Waals surface area contributed by atoms with Crippen LogP contribution in [0.25, 0.3) is 0 Å². The van der Waals surface area contributed by atoms with Gasteiger partial charge in [-0.05, 0) is 79.9 Å². The van der Waals surface area contributed by atoms with Crippen molar-refractivity contribution in [3.8, 4) is 12.1 Å². The molecule has 1 saturated heterocycles. The number of pyridine rings is 1. The Morgan fingerprint density at radius 3 is 2.61 bits per heavy atom. The van der Waals surface area contributed by atoms with Crippen molar-refractivity contribution in [2.24, 2.45) is 16.3 Å². The van der Waals surface area contributed by atoms with E-state index in [1.54, 1.807) is 32.2 Å². The van der Waals surface area contributed by atoms with E-state index in [1.807, 2.05) is 30.5 Å². The van der Waals surface area contributed by atoms with Crippen molar-refractivity contribution in [3.05, 3.63) is 76.3 Å². The summed E-state index contributed by atoms with van der Waals surface area (Å²) >= 11 is 0. The van der Waals surface area contributed by atoms with Crippen LogP contribution in [0, 0.1) is 34.0 Å². The minimum Gasteiger partial charge on any atom is -0.381 e. The first-order chi connectivity index (χ1) is 18.0. The van der Waals surface area contributed by atoms with Gasteiger partial charge < -0.3 is 10.1 Å². The van der Waals surface area contributed by atoms with E-state index < -0.39 is 5.41 Å². The van der Waals surface area contributed by atoms with Gasteiger partial charge in [0.1, 0.15) is 0 Å². The van der Waals surface area contributed by atoms with Gasteiger partial charge >= 0.3 is 0 Å². The van der Waals surface area contributed by atoms with E-state index in [4.69, 9.17) is 4.74 Å². The first kappa shape index (κ1) is 28.8. The molecule has 7 heteroatoms. The van der Waals surface area contributed by atoms with Crippen molar-refractivity contribution >= 4 is 12.1 Å². The van der Waals surface area contributed by atoms with Gasteiger partial charge in [-0.1, -0.05) is 32.9 Å². The smallest absolute Gasteiger partial charge is 0.255 e. The predicted octanol–water partition coefficient (Wildman–Crippen LogP) is 5.75. The van der Waals surface area contributed by atoms with Crippen LogP contribution in [0.15, 0.2) is 70.0 Å². The van der Waals surface area contributed by atoms with Crippen LogP contribution in [-0.2, 0) is 10.2 Å². The highest BCUT2D eigenvalue weighted by Crippen LogP contribution is 2.28. The molecular weight excluding hydrogens is 474 g/mol. The number of nitriles is 2. The third-order valence-electron chi connectivity index (χ3n) is 6.55. The number of nitrogens with one attached hydrogen (secondary N) is 1. The number of rotatable bonds is 7. The van der Waals surface area contributed by atoms with Crippen LogP contribution in [0.4, 0.5) is 0 Å². The van der Waals surface area contributed by atoms with Crippen molar-refractivity contribution in [2.45, 2.75) is 59.3 Å². The van der Waals surface area contributed by atoms with Gasteiger partial charge in [-0.3, -0.25) is 14.8 Å². The lowest BCUT2D eigenvalue weighted by molar-refractivity contribution is 0.0754. The monoisotopic (exact) mass is 511 g/mol. The van der Waals surface area contributed by atoms with Gasteiger partial charge in [0.25, 0.3) is 5.91 Å². The molecule has 38 heavy (non-hydrogen) atoms. The molecule has 0 bridgehead atoms. The molecule has 3 rings (SSSR count). The van der Waals surface area contributed by atoms with Crippen LogP contribution in [0.2, 0.25) is 0 Å². The Kier molecular flexibility index (Phi) is 9.55. The zero-order chi connectivity index (χ0) is 27.8. The van der Waals surface area contributed by atoms with Gasteiger partial charge in [-0.15, -0.1) is 0 Å². The van der Waals surface area contributed by atoms with Gasteiger partial charge in [0, 0.05) is 36.9 Å². The molecule has 2 aliphatic heterocycles. The van der Waals surface area contributed by atoms with E-state index in [9.17, 15) is 15.3 Å². The summed E-state index contributed by atoms with van der Waals surface area (Å²) in [6, 6.07) is 7.90. The molecule has 198 valence electrons. The topological polar surface area (TPSA) is 111 Å². The minimum atomic E-state index is -0.804. The fourth-order valence-corrected chi connectivity index (χ4v) is 4.17. The summed E-state index contributed by atoms with van der Waals surface area (Å²) in [6.45, 7) is 11.8. The predicted molar refractivity (Wildman–Crippen MR) is 149 cm³/mol. The van der Waals surface area contributed by atoms with Gasteiger partial charge in [-0.2, -0.15) is 10.5 Å². The van der Waals surface area contributed by atoms with E-state index in [1.165, 1.54) is 0 Å². The molecule has 2 aliphatic rings. The average molecular weight is 512 g/mol. The standard InChI is InChI=1S/C31H37N5O2/c1-30(2,3)12-8-26(36-29(37)24-9-13-35-28(17-24)31(4,5)21-33)7-6-22-16-25(18-32)27(20-34-19-22)23-10-14-38-15-11-23/h7-9,12-13,16-17,19,23H,6,10-11,14-15,20H2,1-5H3,(H,36,37)/b12-8-,26-7+. The highest BCUT2D eigenvalue weighted by molar-refractivity contribution is 5.95. The number of aromatic nitrogens is 1. The van der Waals surface area contributed by atoms with Crippen LogP contribution in [0.5, 0.6) is 0 Å². The van der Waals surface area contributed by atoms with E-state index in [0.29, 0.717) is 54.6 Å². The largest absolute Gasteiger partial charge is 0.381 e. The van der Waals surface area contributed by atoms with Crippen LogP contribution in [0.1, 0.15) is 69.9 Å². The van der Waals surface area contributed by atoms with E-state index in [2.05, 4.69) is 48.2 Å². The molecule has 0 atom stereocenters. The van der Waals surface area contributed by atoms with Crippen LogP contribution in [-0.4, -0.2) is 36.9 Å². The third-order valence-corrected chi connectivity index (χ3v) is 6.55. The Morgan fingerprint density at radius 1 is 1.21 bits per heavy atom. The maximum absolute atomic E-state index is 13.2. The Hall–Kier alpha value is -3.81. The molecule has 0 radical (unpaired) electrons. The van der Waals surface area contributed by atoms with Gasteiger partial charge in [-0.25, -0.2) is 0 Å². The quantitative estimate of drug-likeness (QED) is 0.469. The molecule has 7 nitrogen and oxygen atoms in total. The van der Waals surface area contributed by atoms with Crippen LogP contribution >= 0.6 is 0 Å². The lowest BCUT2D eigenvalue weighted by Crippen LogP contribution is -2.24. The summed E-state index contributed by atoms with van der Waals surface area (Å²) < 4.78 is 5.49. The SMILES string of the molecule is CC(C)(C)/C=C\C(=C/CC1=CC(C#N)=C(C2CCOCC2)CN=C1)NC(=O)c1ccnc(C(C)(C)C#N)c1. The first-order valence-corrected chi connectivity index (χ1v) is 13.0. The summed E-state index contributed by atoms with van der Waals surface area (Å²) in [5.41, 5.74) is 3.40. The molecule has 0 aliphatic carbocycles. The van der Waals surface area contributed by atoms with Crippen molar-refractivity contribution in [2.75, 3.05) is 19.8 Å².